The van der Waals surface area contributed by atoms with Crippen LogP contribution in [0.4, 0.5) is 5.69 Å². The first-order chi connectivity index (χ1) is 19.5. The predicted octanol–water partition coefficient (Wildman–Crippen LogP) is 6.87. The van der Waals surface area contributed by atoms with E-state index in [4.69, 9.17) is 34.8 Å². The molecule has 1 N–H and O–H groups in total. The Balaban J connectivity index is 2.05. The molecular formula is C30H34Cl3N3O4S. The molecule has 0 aliphatic rings. The fraction of sp³-hybridized carbons (Fsp3) is 0.333. The Morgan fingerprint density at radius 2 is 1.54 bits per heavy atom. The molecule has 11 heteroatoms. The molecule has 1 atom stereocenters. The maximum atomic E-state index is 14.1. The molecule has 3 aromatic carbocycles. The van der Waals surface area contributed by atoms with Gasteiger partial charge in [-0.15, -0.1) is 0 Å². The molecule has 0 aliphatic heterocycles. The average molecular weight is 639 g/mol. The molecule has 2 amide bonds. The number of benzene rings is 3. The predicted molar refractivity (Wildman–Crippen MR) is 166 cm³/mol. The monoisotopic (exact) mass is 637 g/mol. The standard InChI is InChI=1S/C30H34Cl3N3O4S/c1-4-6-17-34-30(38)28(5-2)35(19-22-9-10-24(32)18-27(22)33)29(37)20-36(25-13-7-21(3)8-14-25)41(39,40)26-15-11-23(31)12-16-26/h7-16,18,28H,4-6,17,19-20H2,1-3H3,(H,34,38). The van der Waals surface area contributed by atoms with Gasteiger partial charge in [0.2, 0.25) is 11.8 Å². The van der Waals surface area contributed by atoms with Crippen LogP contribution in [-0.4, -0.2) is 44.3 Å². The molecule has 0 aliphatic carbocycles. The molecule has 0 saturated carbocycles. The third kappa shape index (κ3) is 8.61. The summed E-state index contributed by atoms with van der Waals surface area (Å²) in [6, 6.07) is 16.6. The van der Waals surface area contributed by atoms with E-state index in [9.17, 15) is 18.0 Å². The molecule has 1 unspecified atom stereocenters. The van der Waals surface area contributed by atoms with Crippen LogP contribution in [0.25, 0.3) is 0 Å². The second kappa shape index (κ2) is 14.9. The quantitative estimate of drug-likeness (QED) is 0.207. The van der Waals surface area contributed by atoms with E-state index in [-0.39, 0.29) is 17.3 Å². The van der Waals surface area contributed by atoms with Crippen molar-refractivity contribution in [2.45, 2.75) is 57.5 Å². The molecule has 41 heavy (non-hydrogen) atoms. The number of nitrogens with zero attached hydrogens (tertiary/aromatic N) is 2. The van der Waals surface area contributed by atoms with E-state index in [1.165, 1.54) is 29.2 Å². The number of halogens is 3. The van der Waals surface area contributed by atoms with Gasteiger partial charge < -0.3 is 10.2 Å². The van der Waals surface area contributed by atoms with Gasteiger partial charge in [0.15, 0.2) is 0 Å². The molecule has 0 radical (unpaired) electrons. The normalized spacial score (nSPS) is 12.0. The number of carbonyl (C=O) groups is 2. The van der Waals surface area contributed by atoms with Gasteiger partial charge in [0, 0.05) is 28.2 Å². The van der Waals surface area contributed by atoms with Crippen LogP contribution >= 0.6 is 34.8 Å². The van der Waals surface area contributed by atoms with Crippen molar-refractivity contribution in [3.63, 3.8) is 0 Å². The van der Waals surface area contributed by atoms with Crippen molar-refractivity contribution in [2.75, 3.05) is 17.4 Å². The molecule has 0 saturated heterocycles. The number of hydrogen-bond donors (Lipinski definition) is 1. The summed E-state index contributed by atoms with van der Waals surface area (Å²) in [5.41, 5.74) is 1.81. The van der Waals surface area contributed by atoms with E-state index in [1.807, 2.05) is 13.8 Å². The number of rotatable bonds is 13. The number of nitrogens with one attached hydrogen (secondary N) is 1. The molecule has 0 fully saturated rings. The van der Waals surface area contributed by atoms with E-state index < -0.39 is 28.5 Å². The molecule has 3 rings (SSSR count). The first kappa shape index (κ1) is 32.7. The van der Waals surface area contributed by atoms with Crippen LogP contribution in [0, 0.1) is 6.92 Å². The summed E-state index contributed by atoms with van der Waals surface area (Å²) in [4.78, 5) is 28.7. The van der Waals surface area contributed by atoms with Crippen molar-refractivity contribution < 1.29 is 18.0 Å². The smallest absolute Gasteiger partial charge is 0.264 e. The topological polar surface area (TPSA) is 86.8 Å². The van der Waals surface area contributed by atoms with Crippen LogP contribution in [0.1, 0.15) is 44.2 Å². The lowest BCUT2D eigenvalue weighted by Gasteiger charge is -2.33. The zero-order valence-corrected chi connectivity index (χ0v) is 26.3. The van der Waals surface area contributed by atoms with E-state index in [2.05, 4.69) is 5.32 Å². The van der Waals surface area contributed by atoms with E-state index in [0.29, 0.717) is 39.3 Å². The van der Waals surface area contributed by atoms with Gasteiger partial charge in [-0.3, -0.25) is 13.9 Å². The van der Waals surface area contributed by atoms with Gasteiger partial charge in [0.1, 0.15) is 12.6 Å². The summed E-state index contributed by atoms with van der Waals surface area (Å²) in [5, 5.41) is 4.05. The van der Waals surface area contributed by atoms with Crippen molar-refractivity contribution >= 4 is 62.3 Å². The van der Waals surface area contributed by atoms with Gasteiger partial charge in [0.05, 0.1) is 10.6 Å². The van der Waals surface area contributed by atoms with E-state index >= 15 is 0 Å². The molecular weight excluding hydrogens is 605 g/mol. The third-order valence-electron chi connectivity index (χ3n) is 6.57. The van der Waals surface area contributed by atoms with Crippen LogP contribution in [0.2, 0.25) is 15.1 Å². The molecule has 0 heterocycles. The van der Waals surface area contributed by atoms with Gasteiger partial charge in [-0.2, -0.15) is 0 Å². The summed E-state index contributed by atoms with van der Waals surface area (Å²) in [6.07, 6.45) is 2.00. The fourth-order valence-electron chi connectivity index (χ4n) is 4.23. The molecule has 0 spiro atoms. The summed E-state index contributed by atoms with van der Waals surface area (Å²) < 4.78 is 28.8. The minimum atomic E-state index is -4.19. The molecule has 220 valence electrons. The van der Waals surface area contributed by atoms with Crippen LogP contribution in [0.15, 0.2) is 71.6 Å². The summed E-state index contributed by atoms with van der Waals surface area (Å²) in [7, 11) is -4.19. The Morgan fingerprint density at radius 3 is 2.12 bits per heavy atom. The Bertz CT molecular complexity index is 1450. The highest BCUT2D eigenvalue weighted by atomic mass is 35.5. The number of hydrogen-bond acceptors (Lipinski definition) is 4. The van der Waals surface area contributed by atoms with E-state index in [1.54, 1.807) is 49.4 Å². The molecule has 7 nitrogen and oxygen atoms in total. The average Bonchev–Trinajstić information content (AvgIpc) is 2.93. The highest BCUT2D eigenvalue weighted by molar-refractivity contribution is 7.92. The SMILES string of the molecule is CCCCNC(=O)C(CC)N(Cc1ccc(Cl)cc1Cl)C(=O)CN(c1ccc(C)cc1)S(=O)(=O)c1ccc(Cl)cc1. The Hall–Kier alpha value is -2.78. The first-order valence-corrected chi connectivity index (χ1v) is 15.9. The van der Waals surface area contributed by atoms with Gasteiger partial charge in [-0.1, -0.05) is 78.8 Å². The maximum absolute atomic E-state index is 14.1. The second-order valence-corrected chi connectivity index (χ2v) is 12.8. The van der Waals surface area contributed by atoms with Crippen LogP contribution in [-0.2, 0) is 26.2 Å². The van der Waals surface area contributed by atoms with Crippen molar-refractivity contribution in [1.82, 2.24) is 10.2 Å². The van der Waals surface area contributed by atoms with Gasteiger partial charge >= 0.3 is 0 Å². The number of anilines is 1. The summed E-state index contributed by atoms with van der Waals surface area (Å²) in [5.74, 6) is -0.881. The summed E-state index contributed by atoms with van der Waals surface area (Å²) >= 11 is 18.5. The lowest BCUT2D eigenvalue weighted by Crippen LogP contribution is -2.52. The Morgan fingerprint density at radius 1 is 0.902 bits per heavy atom. The zero-order chi connectivity index (χ0) is 30.2. The Kier molecular flexibility index (Phi) is 11.9. The van der Waals surface area contributed by atoms with Crippen LogP contribution in [0.5, 0.6) is 0 Å². The highest BCUT2D eigenvalue weighted by Crippen LogP contribution is 2.27. The second-order valence-electron chi connectivity index (χ2n) is 9.63. The maximum Gasteiger partial charge on any atom is 0.264 e. The molecule has 0 aromatic heterocycles. The van der Waals surface area contributed by atoms with Crippen LogP contribution in [0.3, 0.4) is 0 Å². The van der Waals surface area contributed by atoms with Gasteiger partial charge in [0.25, 0.3) is 10.0 Å². The Labute approximate surface area is 257 Å². The highest BCUT2D eigenvalue weighted by Gasteiger charge is 2.34. The number of carbonyl (C=O) groups excluding carboxylic acids is 2. The van der Waals surface area contributed by atoms with Gasteiger partial charge in [-0.25, -0.2) is 8.42 Å². The lowest BCUT2D eigenvalue weighted by molar-refractivity contribution is -0.140. The minimum Gasteiger partial charge on any atom is -0.354 e. The fourth-order valence-corrected chi connectivity index (χ4v) is 6.24. The first-order valence-electron chi connectivity index (χ1n) is 13.3. The van der Waals surface area contributed by atoms with Crippen LogP contribution < -0.4 is 9.62 Å². The number of aryl methyl sites for hydroxylation is 1. The summed E-state index contributed by atoms with van der Waals surface area (Å²) in [6.45, 7) is 5.61. The number of sulfonamides is 1. The van der Waals surface area contributed by atoms with Crippen molar-refractivity contribution in [3.8, 4) is 0 Å². The number of amides is 2. The molecule has 3 aromatic rings. The molecule has 0 bridgehead atoms. The number of unbranched alkanes of at least 4 members (excludes halogenated alkanes) is 1. The lowest BCUT2D eigenvalue weighted by atomic mass is 10.1. The zero-order valence-electron chi connectivity index (χ0n) is 23.2. The van der Waals surface area contributed by atoms with E-state index in [0.717, 1.165) is 22.7 Å². The third-order valence-corrected chi connectivity index (χ3v) is 9.20. The van der Waals surface area contributed by atoms with Gasteiger partial charge in [-0.05, 0) is 73.9 Å². The largest absolute Gasteiger partial charge is 0.354 e. The van der Waals surface area contributed by atoms with Crippen molar-refractivity contribution in [2.24, 2.45) is 0 Å². The van der Waals surface area contributed by atoms with Crippen molar-refractivity contribution in [1.29, 1.82) is 0 Å². The van der Waals surface area contributed by atoms with Crippen molar-refractivity contribution in [3.05, 3.63) is 92.9 Å². The minimum absolute atomic E-state index is 0.0166.